The van der Waals surface area contributed by atoms with Crippen LogP contribution in [0.5, 0.6) is 23.0 Å². The summed E-state index contributed by atoms with van der Waals surface area (Å²) in [6.07, 6.45) is 0.879. The molecule has 6 nitrogen and oxygen atoms in total. The molecule has 0 amide bonds. The number of hydrogen-bond donors (Lipinski definition) is 1. The molecule has 0 saturated heterocycles. The van der Waals surface area contributed by atoms with Crippen LogP contribution in [0.2, 0.25) is 0 Å². The van der Waals surface area contributed by atoms with E-state index < -0.39 is 6.10 Å². The second-order valence-electron chi connectivity index (χ2n) is 6.99. The first-order valence-corrected chi connectivity index (χ1v) is 9.14. The zero-order valence-electron chi connectivity index (χ0n) is 15.9. The highest BCUT2D eigenvalue weighted by molar-refractivity contribution is 5.61. The molecule has 2 atom stereocenters. The van der Waals surface area contributed by atoms with E-state index in [4.69, 9.17) is 18.9 Å². The molecule has 27 heavy (non-hydrogen) atoms. The first-order chi connectivity index (χ1) is 13.1. The van der Waals surface area contributed by atoms with Crippen LogP contribution in [0.3, 0.4) is 0 Å². The van der Waals surface area contributed by atoms with Crippen molar-refractivity contribution in [2.24, 2.45) is 0 Å². The Morgan fingerprint density at radius 1 is 1.19 bits per heavy atom. The van der Waals surface area contributed by atoms with E-state index in [0.29, 0.717) is 12.2 Å². The predicted octanol–water partition coefficient (Wildman–Crippen LogP) is 3.09. The molecule has 0 aromatic heterocycles. The molecule has 2 aromatic rings. The minimum atomic E-state index is -0.593. The van der Waals surface area contributed by atoms with Gasteiger partial charge in [-0.1, -0.05) is 12.1 Å². The summed E-state index contributed by atoms with van der Waals surface area (Å²) in [5.41, 5.74) is 3.15. The highest BCUT2D eigenvalue weighted by Crippen LogP contribution is 2.50. The van der Waals surface area contributed by atoms with Crippen molar-refractivity contribution < 1.29 is 24.1 Å². The Labute approximate surface area is 159 Å². The van der Waals surface area contributed by atoms with Gasteiger partial charge in [-0.15, -0.1) is 0 Å². The van der Waals surface area contributed by atoms with Crippen molar-refractivity contribution >= 4 is 0 Å². The zero-order valence-corrected chi connectivity index (χ0v) is 15.9. The highest BCUT2D eigenvalue weighted by Gasteiger charge is 2.35. The van der Waals surface area contributed by atoms with Crippen molar-refractivity contribution in [1.29, 1.82) is 0 Å². The SMILES string of the molecule is COc1ccc([C@@H](O)C[C@H]2c3c(cc4c(c3OC)OCO4)CCN2C)cc1. The van der Waals surface area contributed by atoms with Gasteiger partial charge in [0.1, 0.15) is 5.75 Å². The maximum absolute atomic E-state index is 10.9. The van der Waals surface area contributed by atoms with Crippen molar-refractivity contribution in [2.45, 2.75) is 25.0 Å². The van der Waals surface area contributed by atoms with E-state index in [1.54, 1.807) is 14.2 Å². The largest absolute Gasteiger partial charge is 0.497 e. The first-order valence-electron chi connectivity index (χ1n) is 9.14. The van der Waals surface area contributed by atoms with Crippen LogP contribution in [0.4, 0.5) is 0 Å². The van der Waals surface area contributed by atoms with Crippen molar-refractivity contribution in [2.75, 3.05) is 34.6 Å². The summed E-state index contributed by atoms with van der Waals surface area (Å²) in [5.74, 6) is 2.90. The van der Waals surface area contributed by atoms with E-state index in [1.165, 1.54) is 5.56 Å². The monoisotopic (exact) mass is 371 g/mol. The summed E-state index contributed by atoms with van der Waals surface area (Å²) in [6, 6.07) is 9.63. The fraction of sp³-hybridized carbons (Fsp3) is 0.429. The van der Waals surface area contributed by atoms with Gasteiger partial charge in [0.15, 0.2) is 11.5 Å². The predicted molar refractivity (Wildman–Crippen MR) is 101 cm³/mol. The number of aliphatic hydroxyl groups is 1. The molecule has 2 heterocycles. The Balaban J connectivity index is 1.67. The fourth-order valence-corrected chi connectivity index (χ4v) is 4.00. The van der Waals surface area contributed by atoms with Crippen molar-refractivity contribution in [3.05, 3.63) is 47.0 Å². The lowest BCUT2D eigenvalue weighted by atomic mass is 9.87. The molecule has 0 bridgehead atoms. The molecule has 4 rings (SSSR count). The zero-order chi connectivity index (χ0) is 19.0. The van der Waals surface area contributed by atoms with Gasteiger partial charge in [0.25, 0.3) is 0 Å². The van der Waals surface area contributed by atoms with Crippen LogP contribution in [0.15, 0.2) is 30.3 Å². The summed E-state index contributed by atoms with van der Waals surface area (Å²) >= 11 is 0. The molecule has 0 aliphatic carbocycles. The quantitative estimate of drug-likeness (QED) is 0.872. The lowest BCUT2D eigenvalue weighted by Crippen LogP contribution is -2.33. The van der Waals surface area contributed by atoms with E-state index >= 15 is 0 Å². The average Bonchev–Trinajstić information content (AvgIpc) is 3.16. The first kappa shape index (κ1) is 17.9. The Morgan fingerprint density at radius 2 is 1.96 bits per heavy atom. The molecular formula is C21H25NO5. The van der Waals surface area contributed by atoms with Gasteiger partial charge in [0.05, 0.1) is 20.3 Å². The van der Waals surface area contributed by atoms with Gasteiger partial charge in [-0.25, -0.2) is 0 Å². The number of likely N-dealkylation sites (N-methyl/N-ethyl adjacent to an activating group) is 1. The van der Waals surface area contributed by atoms with Crippen molar-refractivity contribution in [1.82, 2.24) is 4.90 Å². The number of ether oxygens (including phenoxy) is 4. The molecule has 2 aliphatic rings. The van der Waals surface area contributed by atoms with Gasteiger partial charge in [0, 0.05) is 18.2 Å². The van der Waals surface area contributed by atoms with Gasteiger partial charge in [0.2, 0.25) is 12.5 Å². The van der Waals surface area contributed by atoms with Gasteiger partial charge in [-0.05, 0) is 49.2 Å². The minimum Gasteiger partial charge on any atom is -0.497 e. The third-order valence-corrected chi connectivity index (χ3v) is 5.49. The van der Waals surface area contributed by atoms with Crippen LogP contribution >= 0.6 is 0 Å². The summed E-state index contributed by atoms with van der Waals surface area (Å²) in [7, 11) is 5.37. The van der Waals surface area contributed by atoms with Crippen LogP contribution in [0.1, 0.15) is 35.3 Å². The molecule has 1 N–H and O–H groups in total. The van der Waals surface area contributed by atoms with Crippen LogP contribution in [-0.4, -0.2) is 44.6 Å². The van der Waals surface area contributed by atoms with Crippen LogP contribution < -0.4 is 18.9 Å². The minimum absolute atomic E-state index is 0.0234. The molecule has 0 spiro atoms. The molecular weight excluding hydrogens is 346 g/mol. The van der Waals surface area contributed by atoms with Crippen LogP contribution in [0.25, 0.3) is 0 Å². The second-order valence-corrected chi connectivity index (χ2v) is 6.99. The average molecular weight is 371 g/mol. The number of fused-ring (bicyclic) bond motifs is 2. The number of nitrogens with zero attached hydrogens (tertiary/aromatic N) is 1. The van der Waals surface area contributed by atoms with E-state index in [-0.39, 0.29) is 12.8 Å². The Morgan fingerprint density at radius 3 is 2.67 bits per heavy atom. The highest BCUT2D eigenvalue weighted by atomic mass is 16.7. The molecule has 0 radical (unpaired) electrons. The number of rotatable bonds is 5. The van der Waals surface area contributed by atoms with E-state index in [2.05, 4.69) is 18.0 Å². The fourth-order valence-electron chi connectivity index (χ4n) is 4.00. The summed E-state index contributed by atoms with van der Waals surface area (Å²) < 4.78 is 22.1. The molecule has 0 unspecified atom stereocenters. The topological polar surface area (TPSA) is 60.4 Å². The maximum Gasteiger partial charge on any atom is 0.231 e. The number of hydrogen-bond acceptors (Lipinski definition) is 6. The van der Waals surface area contributed by atoms with Gasteiger partial charge >= 0.3 is 0 Å². The molecule has 6 heteroatoms. The van der Waals surface area contributed by atoms with E-state index in [1.807, 2.05) is 24.3 Å². The maximum atomic E-state index is 10.9. The van der Waals surface area contributed by atoms with Crippen LogP contribution in [-0.2, 0) is 6.42 Å². The standard InChI is InChI=1S/C21H25NO5/c1-22-9-8-14-10-18-20(27-12-26-18)21(25-3)19(14)16(22)11-17(23)13-4-6-15(24-2)7-5-13/h4-7,10,16-17,23H,8-9,11-12H2,1-3H3/t16-,17-/m0/s1. The molecule has 2 aromatic carbocycles. The van der Waals surface area contributed by atoms with Gasteiger partial charge < -0.3 is 24.1 Å². The molecule has 0 fully saturated rings. The molecule has 144 valence electrons. The smallest absolute Gasteiger partial charge is 0.231 e. The number of aliphatic hydroxyl groups excluding tert-OH is 1. The van der Waals surface area contributed by atoms with Gasteiger partial charge in [-0.2, -0.15) is 0 Å². The Hall–Kier alpha value is -2.44. The Bertz CT molecular complexity index is 820. The third-order valence-electron chi connectivity index (χ3n) is 5.49. The van der Waals surface area contributed by atoms with Crippen LogP contribution in [0, 0.1) is 0 Å². The van der Waals surface area contributed by atoms with E-state index in [9.17, 15) is 5.11 Å². The molecule has 0 saturated carbocycles. The lowest BCUT2D eigenvalue weighted by Gasteiger charge is -2.37. The number of methoxy groups -OCH3 is 2. The van der Waals surface area contributed by atoms with Crippen molar-refractivity contribution in [3.63, 3.8) is 0 Å². The third kappa shape index (κ3) is 3.19. The van der Waals surface area contributed by atoms with Gasteiger partial charge in [-0.3, -0.25) is 4.90 Å². The molecule has 2 aliphatic heterocycles. The summed E-state index contributed by atoms with van der Waals surface area (Å²) in [5, 5.41) is 10.9. The summed E-state index contributed by atoms with van der Waals surface area (Å²) in [6.45, 7) is 1.12. The van der Waals surface area contributed by atoms with Crippen molar-refractivity contribution in [3.8, 4) is 23.0 Å². The number of benzene rings is 2. The normalized spacial score (nSPS) is 19.5. The second kappa shape index (κ2) is 7.29. The lowest BCUT2D eigenvalue weighted by molar-refractivity contribution is 0.107. The summed E-state index contributed by atoms with van der Waals surface area (Å²) in [4.78, 5) is 2.26. The van der Waals surface area contributed by atoms with E-state index in [0.717, 1.165) is 41.3 Å². The Kier molecular flexibility index (Phi) is 4.85.